The van der Waals surface area contributed by atoms with Crippen LogP contribution in [0, 0.1) is 0 Å². The smallest absolute Gasteiger partial charge is 0.508 e. The highest BCUT2D eigenvalue weighted by Crippen LogP contribution is 2.30. The van der Waals surface area contributed by atoms with Gasteiger partial charge in [0.25, 0.3) is 0 Å². The van der Waals surface area contributed by atoms with E-state index in [0.717, 1.165) is 5.56 Å². The van der Waals surface area contributed by atoms with Crippen molar-refractivity contribution in [3.05, 3.63) is 54.1 Å². The van der Waals surface area contributed by atoms with Crippen LogP contribution in [0.2, 0.25) is 0 Å². The van der Waals surface area contributed by atoms with E-state index in [1.165, 1.54) is 30.3 Å². The van der Waals surface area contributed by atoms with Crippen molar-refractivity contribution in [1.29, 1.82) is 0 Å². The van der Waals surface area contributed by atoms with Gasteiger partial charge in [0.2, 0.25) is 0 Å². The third-order valence-electron chi connectivity index (χ3n) is 2.51. The molecule has 3 nitrogen and oxygen atoms in total. The number of phenolic OH excluding ortho intramolecular Hbond substituents is 1. The molecule has 20 heavy (non-hydrogen) atoms. The molecule has 0 bridgehead atoms. The molecule has 0 amide bonds. The Morgan fingerprint density at radius 2 is 1.80 bits per heavy atom. The summed E-state index contributed by atoms with van der Waals surface area (Å²) in [6, 6.07) is 12.2. The third kappa shape index (κ3) is 4.08. The number of aromatic hydroxyl groups is 1. The molecule has 0 spiro atoms. The minimum atomic E-state index is -4.73. The third-order valence-corrected chi connectivity index (χ3v) is 2.51. The van der Waals surface area contributed by atoms with Crippen LogP contribution in [0.25, 0.3) is 0 Å². The van der Waals surface area contributed by atoms with Crippen molar-refractivity contribution in [2.45, 2.75) is 12.9 Å². The lowest BCUT2D eigenvalue weighted by atomic mass is 10.2. The first-order valence-electron chi connectivity index (χ1n) is 5.80. The first-order valence-corrected chi connectivity index (χ1v) is 5.80. The van der Waals surface area contributed by atoms with Crippen molar-refractivity contribution in [2.75, 3.05) is 5.32 Å². The fourth-order valence-corrected chi connectivity index (χ4v) is 1.69. The van der Waals surface area contributed by atoms with E-state index in [2.05, 4.69) is 10.1 Å². The predicted molar refractivity (Wildman–Crippen MR) is 68.6 cm³/mol. The lowest BCUT2D eigenvalue weighted by Gasteiger charge is -2.14. The van der Waals surface area contributed by atoms with Gasteiger partial charge in [-0.1, -0.05) is 24.3 Å². The van der Waals surface area contributed by atoms with Gasteiger partial charge in [-0.3, -0.25) is 0 Å². The van der Waals surface area contributed by atoms with Crippen LogP contribution < -0.4 is 10.1 Å². The van der Waals surface area contributed by atoms with Crippen molar-refractivity contribution in [3.63, 3.8) is 0 Å². The van der Waals surface area contributed by atoms with E-state index < -0.39 is 6.36 Å². The van der Waals surface area contributed by atoms with Crippen LogP contribution >= 0.6 is 0 Å². The monoisotopic (exact) mass is 283 g/mol. The van der Waals surface area contributed by atoms with E-state index in [0.29, 0.717) is 0 Å². The van der Waals surface area contributed by atoms with E-state index in [-0.39, 0.29) is 23.7 Å². The number of hydrogen-bond donors (Lipinski definition) is 2. The van der Waals surface area contributed by atoms with Crippen LogP contribution in [-0.2, 0) is 6.54 Å². The maximum absolute atomic E-state index is 12.3. The Labute approximate surface area is 113 Å². The van der Waals surface area contributed by atoms with Gasteiger partial charge in [0.05, 0.1) is 5.69 Å². The van der Waals surface area contributed by atoms with Crippen LogP contribution in [0.5, 0.6) is 11.5 Å². The summed E-state index contributed by atoms with van der Waals surface area (Å²) in [6.07, 6.45) is -4.73. The van der Waals surface area contributed by atoms with Gasteiger partial charge in [0.1, 0.15) is 5.75 Å². The Bertz CT molecular complexity index is 585. The second-order valence-corrected chi connectivity index (χ2v) is 4.07. The van der Waals surface area contributed by atoms with E-state index >= 15 is 0 Å². The number of anilines is 1. The molecule has 0 saturated carbocycles. The molecule has 0 aromatic heterocycles. The highest BCUT2D eigenvalue weighted by molar-refractivity contribution is 5.56. The number of benzene rings is 2. The van der Waals surface area contributed by atoms with Crippen molar-refractivity contribution in [1.82, 2.24) is 0 Å². The Hall–Kier alpha value is -2.37. The Balaban J connectivity index is 2.09. The molecule has 0 fully saturated rings. The Kier molecular flexibility index (Phi) is 4.02. The van der Waals surface area contributed by atoms with Gasteiger partial charge in [0, 0.05) is 6.54 Å². The second-order valence-electron chi connectivity index (χ2n) is 4.07. The molecule has 0 radical (unpaired) electrons. The summed E-state index contributed by atoms with van der Waals surface area (Å²) >= 11 is 0. The molecule has 0 aliphatic carbocycles. The molecule has 2 aromatic rings. The molecule has 0 aliphatic rings. The second kappa shape index (κ2) is 5.73. The minimum absolute atomic E-state index is 0.101. The molecule has 0 heterocycles. The Morgan fingerprint density at radius 1 is 1.05 bits per heavy atom. The number of phenols is 1. The maximum Gasteiger partial charge on any atom is 0.573 e. The number of halogens is 3. The van der Waals surface area contributed by atoms with Crippen LogP contribution in [0.15, 0.2) is 48.5 Å². The summed E-state index contributed by atoms with van der Waals surface area (Å²) in [4.78, 5) is 0. The highest BCUT2D eigenvalue weighted by Gasteiger charge is 2.32. The number of para-hydroxylation sites is 2. The average Bonchev–Trinajstić information content (AvgIpc) is 2.36. The number of nitrogens with one attached hydrogen (secondary N) is 1. The molecule has 0 saturated heterocycles. The van der Waals surface area contributed by atoms with Crippen molar-refractivity contribution < 1.29 is 23.0 Å². The molecule has 0 atom stereocenters. The number of hydrogen-bond acceptors (Lipinski definition) is 3. The first kappa shape index (κ1) is 14.0. The van der Waals surface area contributed by atoms with Crippen molar-refractivity contribution >= 4 is 5.69 Å². The molecule has 2 rings (SSSR count). The molecular weight excluding hydrogens is 271 g/mol. The molecule has 0 aliphatic heterocycles. The summed E-state index contributed by atoms with van der Waals surface area (Å²) in [5, 5.41) is 12.2. The van der Waals surface area contributed by atoms with Crippen molar-refractivity contribution in [3.8, 4) is 11.5 Å². The highest BCUT2D eigenvalue weighted by atomic mass is 19.4. The molecule has 2 N–H and O–H groups in total. The topological polar surface area (TPSA) is 41.5 Å². The Morgan fingerprint density at radius 3 is 2.50 bits per heavy atom. The molecule has 106 valence electrons. The lowest BCUT2D eigenvalue weighted by molar-refractivity contribution is -0.274. The molecular formula is C14H12F3NO2. The van der Waals surface area contributed by atoms with Crippen LogP contribution in [0.3, 0.4) is 0 Å². The van der Waals surface area contributed by atoms with E-state index in [9.17, 15) is 18.3 Å². The molecule has 6 heteroatoms. The maximum atomic E-state index is 12.3. The number of rotatable bonds is 4. The first-order chi connectivity index (χ1) is 9.44. The number of alkyl halides is 3. The quantitative estimate of drug-likeness (QED) is 0.894. The minimum Gasteiger partial charge on any atom is -0.508 e. The molecule has 2 aromatic carbocycles. The summed E-state index contributed by atoms with van der Waals surface area (Å²) < 4.78 is 40.7. The fourth-order valence-electron chi connectivity index (χ4n) is 1.69. The van der Waals surface area contributed by atoms with Crippen molar-refractivity contribution in [2.24, 2.45) is 0 Å². The lowest BCUT2D eigenvalue weighted by Crippen LogP contribution is -2.18. The zero-order valence-electron chi connectivity index (χ0n) is 10.3. The van der Waals surface area contributed by atoms with Gasteiger partial charge in [-0.2, -0.15) is 0 Å². The molecule has 0 unspecified atom stereocenters. The van der Waals surface area contributed by atoms with Gasteiger partial charge >= 0.3 is 6.36 Å². The normalized spacial score (nSPS) is 11.2. The SMILES string of the molecule is Oc1cccc(CNc2ccccc2OC(F)(F)F)c1. The van der Waals surface area contributed by atoms with E-state index in [4.69, 9.17) is 0 Å². The predicted octanol–water partition coefficient (Wildman–Crippen LogP) is 3.90. The summed E-state index contributed by atoms with van der Waals surface area (Å²) in [5.41, 5.74) is 0.972. The standard InChI is InChI=1S/C14H12F3NO2/c15-14(16,17)20-13-7-2-1-6-12(13)18-9-10-4-3-5-11(19)8-10/h1-8,18-19H,9H2. The van der Waals surface area contributed by atoms with E-state index in [1.807, 2.05) is 0 Å². The van der Waals surface area contributed by atoms with Crippen LogP contribution in [0.1, 0.15) is 5.56 Å². The fraction of sp³-hybridized carbons (Fsp3) is 0.143. The van der Waals surface area contributed by atoms with Gasteiger partial charge in [0.15, 0.2) is 5.75 Å². The zero-order chi connectivity index (χ0) is 14.6. The van der Waals surface area contributed by atoms with Crippen LogP contribution in [-0.4, -0.2) is 11.5 Å². The van der Waals surface area contributed by atoms with Crippen LogP contribution in [0.4, 0.5) is 18.9 Å². The summed E-state index contributed by atoms with van der Waals surface area (Å²) in [6.45, 7) is 0.270. The van der Waals surface area contributed by atoms with Gasteiger partial charge in [-0.05, 0) is 29.8 Å². The van der Waals surface area contributed by atoms with Gasteiger partial charge < -0.3 is 15.2 Å². The van der Waals surface area contributed by atoms with E-state index in [1.54, 1.807) is 18.2 Å². The summed E-state index contributed by atoms with van der Waals surface area (Å²) in [5.74, 6) is -0.190. The zero-order valence-corrected chi connectivity index (χ0v) is 10.3. The average molecular weight is 283 g/mol. The summed E-state index contributed by atoms with van der Waals surface area (Å²) in [7, 11) is 0. The van der Waals surface area contributed by atoms with Gasteiger partial charge in [-0.15, -0.1) is 13.2 Å². The van der Waals surface area contributed by atoms with Gasteiger partial charge in [-0.25, -0.2) is 0 Å². The number of ether oxygens (including phenoxy) is 1. The largest absolute Gasteiger partial charge is 0.573 e.